The number of imidazole rings is 1. The van der Waals surface area contributed by atoms with Gasteiger partial charge in [-0.3, -0.25) is 0 Å². The molecule has 0 amide bonds. The average molecular weight is 437 g/mol. The predicted molar refractivity (Wildman–Crippen MR) is 129 cm³/mol. The van der Waals surface area contributed by atoms with E-state index < -0.39 is 0 Å². The molecule has 3 aromatic rings. The van der Waals surface area contributed by atoms with E-state index in [0.717, 1.165) is 42.3 Å². The number of nitrogens with zero attached hydrogens (tertiary/aromatic N) is 2. The molecule has 2 aromatic carbocycles. The lowest BCUT2D eigenvalue weighted by Crippen LogP contribution is -2.14. The highest BCUT2D eigenvalue weighted by Crippen LogP contribution is 2.31. The van der Waals surface area contributed by atoms with Crippen molar-refractivity contribution in [2.45, 2.75) is 47.1 Å². The van der Waals surface area contributed by atoms with Crippen LogP contribution in [-0.2, 0) is 19.4 Å². The van der Waals surface area contributed by atoms with Crippen molar-refractivity contribution in [1.29, 1.82) is 0 Å². The number of benzene rings is 2. The van der Waals surface area contributed by atoms with Crippen molar-refractivity contribution in [3.8, 4) is 17.2 Å². The normalized spacial score (nSPS) is 12.9. The van der Waals surface area contributed by atoms with E-state index in [4.69, 9.17) is 14.2 Å². The minimum absolute atomic E-state index is 0.540. The molecule has 172 valence electrons. The van der Waals surface area contributed by atoms with Gasteiger partial charge in [-0.2, -0.15) is 0 Å². The van der Waals surface area contributed by atoms with Crippen LogP contribution in [0.2, 0.25) is 0 Å². The van der Waals surface area contributed by atoms with Gasteiger partial charge in [-0.1, -0.05) is 32.0 Å². The maximum absolute atomic E-state index is 5.97. The van der Waals surface area contributed by atoms with E-state index in [-0.39, 0.29) is 0 Å². The molecule has 5 nitrogen and oxygen atoms in total. The zero-order valence-corrected chi connectivity index (χ0v) is 20.2. The molecular weight excluding hydrogens is 400 g/mol. The number of rotatable bonds is 11. The molecule has 0 aliphatic rings. The lowest BCUT2D eigenvalue weighted by Gasteiger charge is -2.21. The third kappa shape index (κ3) is 6.28. The molecule has 0 saturated heterocycles. The molecule has 2 atom stereocenters. The van der Waals surface area contributed by atoms with Crippen LogP contribution < -0.4 is 14.2 Å². The molecule has 32 heavy (non-hydrogen) atoms. The Balaban J connectivity index is 1.56. The standard InChI is InChI=1S/C27H36N2O3/c1-19(13-23-7-9-25(30-5)21(3)15-23)20(2)14-24-8-10-26(27(16-24)31-6)32-12-11-29-17-22(4)28-18-29/h7-10,15-20H,11-14H2,1-6H3/t19-,20+/m1/s1. The van der Waals surface area contributed by atoms with Crippen LogP contribution in [0.1, 0.15) is 36.2 Å². The van der Waals surface area contributed by atoms with Crippen LogP contribution in [0.5, 0.6) is 17.2 Å². The zero-order chi connectivity index (χ0) is 23.1. The number of aryl methyl sites for hydroxylation is 2. The van der Waals surface area contributed by atoms with Gasteiger partial charge >= 0.3 is 0 Å². The lowest BCUT2D eigenvalue weighted by atomic mass is 9.85. The van der Waals surface area contributed by atoms with Gasteiger partial charge in [0.2, 0.25) is 0 Å². The van der Waals surface area contributed by atoms with Gasteiger partial charge in [-0.15, -0.1) is 0 Å². The van der Waals surface area contributed by atoms with Crippen LogP contribution >= 0.6 is 0 Å². The minimum Gasteiger partial charge on any atom is -0.496 e. The van der Waals surface area contributed by atoms with E-state index in [1.807, 2.05) is 30.1 Å². The molecular formula is C27H36N2O3. The van der Waals surface area contributed by atoms with Gasteiger partial charge < -0.3 is 18.8 Å². The van der Waals surface area contributed by atoms with Crippen LogP contribution in [0.4, 0.5) is 0 Å². The first-order valence-corrected chi connectivity index (χ1v) is 11.3. The Morgan fingerprint density at radius 2 is 1.47 bits per heavy atom. The molecule has 1 heterocycles. The van der Waals surface area contributed by atoms with E-state index >= 15 is 0 Å². The Morgan fingerprint density at radius 1 is 0.844 bits per heavy atom. The van der Waals surface area contributed by atoms with Crippen molar-refractivity contribution in [3.05, 3.63) is 71.3 Å². The zero-order valence-electron chi connectivity index (χ0n) is 20.2. The van der Waals surface area contributed by atoms with Gasteiger partial charge in [-0.05, 0) is 73.4 Å². The molecule has 0 fully saturated rings. The van der Waals surface area contributed by atoms with Gasteiger partial charge in [0.15, 0.2) is 11.5 Å². The molecule has 0 N–H and O–H groups in total. The largest absolute Gasteiger partial charge is 0.496 e. The Bertz CT molecular complexity index is 1010. The SMILES string of the molecule is COc1ccc(C[C@@H](C)[C@@H](C)Cc2ccc(OCCn3cnc(C)c3)c(OC)c2)cc1C. The number of ether oxygens (including phenoxy) is 3. The molecule has 0 bridgehead atoms. The van der Waals surface area contributed by atoms with Gasteiger partial charge in [0, 0.05) is 6.20 Å². The predicted octanol–water partition coefficient (Wildman–Crippen LogP) is 5.65. The van der Waals surface area contributed by atoms with Crippen LogP contribution in [0.15, 0.2) is 48.9 Å². The highest BCUT2D eigenvalue weighted by atomic mass is 16.5. The third-order valence-electron chi connectivity index (χ3n) is 6.14. The Labute approximate surface area is 192 Å². The summed E-state index contributed by atoms with van der Waals surface area (Å²) in [7, 11) is 3.42. The lowest BCUT2D eigenvalue weighted by molar-refractivity contribution is 0.279. The monoisotopic (exact) mass is 436 g/mol. The molecule has 0 aliphatic carbocycles. The number of hydrogen-bond donors (Lipinski definition) is 0. The van der Waals surface area contributed by atoms with Crippen molar-refractivity contribution in [2.75, 3.05) is 20.8 Å². The summed E-state index contributed by atoms with van der Waals surface area (Å²) in [4.78, 5) is 4.24. The molecule has 3 rings (SSSR count). The van der Waals surface area contributed by atoms with Crippen molar-refractivity contribution < 1.29 is 14.2 Å². The highest BCUT2D eigenvalue weighted by molar-refractivity contribution is 5.43. The van der Waals surface area contributed by atoms with E-state index in [1.54, 1.807) is 14.2 Å². The average Bonchev–Trinajstić information content (AvgIpc) is 3.19. The summed E-state index contributed by atoms with van der Waals surface area (Å²) in [6.45, 7) is 10.1. The van der Waals surface area contributed by atoms with E-state index in [1.165, 1.54) is 16.7 Å². The van der Waals surface area contributed by atoms with Crippen molar-refractivity contribution >= 4 is 0 Å². The van der Waals surface area contributed by atoms with E-state index in [0.29, 0.717) is 18.4 Å². The second kappa shape index (κ2) is 11.1. The van der Waals surface area contributed by atoms with Crippen molar-refractivity contribution in [2.24, 2.45) is 11.8 Å². The first kappa shape index (κ1) is 23.7. The molecule has 0 radical (unpaired) electrons. The molecule has 0 spiro atoms. The maximum atomic E-state index is 5.97. The first-order valence-electron chi connectivity index (χ1n) is 11.3. The Kier molecular flexibility index (Phi) is 8.20. The summed E-state index contributed by atoms with van der Waals surface area (Å²) in [6.07, 6.45) is 5.90. The van der Waals surface area contributed by atoms with Crippen LogP contribution in [-0.4, -0.2) is 30.4 Å². The van der Waals surface area contributed by atoms with Crippen molar-refractivity contribution in [1.82, 2.24) is 9.55 Å². The second-order valence-electron chi connectivity index (χ2n) is 8.75. The fourth-order valence-electron chi connectivity index (χ4n) is 4.03. The second-order valence-corrected chi connectivity index (χ2v) is 8.75. The number of hydrogen-bond acceptors (Lipinski definition) is 4. The van der Waals surface area contributed by atoms with Crippen LogP contribution in [0.25, 0.3) is 0 Å². The molecule has 0 unspecified atom stereocenters. The summed E-state index contributed by atoms with van der Waals surface area (Å²) in [6, 6.07) is 12.8. The Hall–Kier alpha value is -2.95. The molecule has 0 aliphatic heterocycles. The highest BCUT2D eigenvalue weighted by Gasteiger charge is 2.16. The summed E-state index contributed by atoms with van der Waals surface area (Å²) in [5, 5.41) is 0. The van der Waals surface area contributed by atoms with Crippen LogP contribution in [0.3, 0.4) is 0 Å². The Morgan fingerprint density at radius 3 is 2.03 bits per heavy atom. The minimum atomic E-state index is 0.540. The maximum Gasteiger partial charge on any atom is 0.161 e. The molecule has 5 heteroatoms. The number of aromatic nitrogens is 2. The van der Waals surface area contributed by atoms with Gasteiger partial charge in [0.1, 0.15) is 12.4 Å². The van der Waals surface area contributed by atoms with Crippen LogP contribution in [0, 0.1) is 25.7 Å². The van der Waals surface area contributed by atoms with E-state index in [9.17, 15) is 0 Å². The summed E-state index contributed by atoms with van der Waals surface area (Å²) < 4.78 is 19.0. The summed E-state index contributed by atoms with van der Waals surface area (Å²) >= 11 is 0. The third-order valence-corrected chi connectivity index (χ3v) is 6.14. The fraction of sp³-hybridized carbons (Fsp3) is 0.444. The van der Waals surface area contributed by atoms with E-state index in [2.05, 4.69) is 56.1 Å². The van der Waals surface area contributed by atoms with Gasteiger partial charge in [0.05, 0.1) is 32.8 Å². The van der Waals surface area contributed by atoms with Gasteiger partial charge in [-0.25, -0.2) is 4.98 Å². The quantitative estimate of drug-likeness (QED) is 0.389. The smallest absolute Gasteiger partial charge is 0.161 e. The van der Waals surface area contributed by atoms with Gasteiger partial charge in [0.25, 0.3) is 0 Å². The number of methoxy groups -OCH3 is 2. The molecule has 1 aromatic heterocycles. The molecule has 0 saturated carbocycles. The van der Waals surface area contributed by atoms with Crippen molar-refractivity contribution in [3.63, 3.8) is 0 Å². The fourth-order valence-corrected chi connectivity index (χ4v) is 4.03. The summed E-state index contributed by atoms with van der Waals surface area (Å²) in [5.41, 5.74) is 4.83. The first-order chi connectivity index (χ1) is 15.4. The topological polar surface area (TPSA) is 45.5 Å². The summed E-state index contributed by atoms with van der Waals surface area (Å²) in [5.74, 6) is 3.61.